The minimum atomic E-state index is -0.804. The van der Waals surface area contributed by atoms with Gasteiger partial charge in [-0.2, -0.15) is 0 Å². The molecule has 0 fully saturated rings. The second-order valence-corrected chi connectivity index (χ2v) is 3.50. The van der Waals surface area contributed by atoms with Crippen molar-refractivity contribution in [3.8, 4) is 0 Å². The predicted octanol–water partition coefficient (Wildman–Crippen LogP) is 1.27. The smallest absolute Gasteiger partial charge is 0.305 e. The van der Waals surface area contributed by atoms with Gasteiger partial charge in [0.2, 0.25) is 0 Å². The Kier molecular flexibility index (Phi) is 3.85. The Bertz CT molecular complexity index is 261. The highest BCUT2D eigenvalue weighted by atomic mass is 32.1. The number of aliphatic carboxylic acids is 1. The first-order valence-corrected chi connectivity index (χ1v) is 4.96. The van der Waals surface area contributed by atoms with Crippen LogP contribution in [0.3, 0.4) is 0 Å². The number of carboxylic acids is 1. The van der Waals surface area contributed by atoms with Crippen molar-refractivity contribution in [2.24, 2.45) is 0 Å². The number of aromatic nitrogens is 1. The zero-order valence-corrected chi connectivity index (χ0v) is 8.17. The van der Waals surface area contributed by atoms with Crippen LogP contribution in [-0.4, -0.2) is 22.6 Å². The number of thiazole rings is 1. The molecule has 1 rings (SSSR count). The van der Waals surface area contributed by atoms with E-state index in [1.807, 2.05) is 12.3 Å². The highest BCUT2D eigenvalue weighted by Gasteiger charge is 2.15. The van der Waals surface area contributed by atoms with Gasteiger partial charge in [0.05, 0.1) is 12.5 Å². The maximum atomic E-state index is 10.5. The van der Waals surface area contributed by atoms with Gasteiger partial charge in [0.1, 0.15) is 5.01 Å². The molecular weight excluding hydrogens is 188 g/mol. The standard InChI is InChI=1S/C8H12N2O2S/c1-2-9-6(5-7(11)12)8-10-3-4-13-8/h3-4,6,9H,2,5H2,1H3,(H,11,12). The molecule has 1 heterocycles. The summed E-state index contributed by atoms with van der Waals surface area (Å²) >= 11 is 1.48. The third kappa shape index (κ3) is 3.12. The lowest BCUT2D eigenvalue weighted by Gasteiger charge is -2.11. The second kappa shape index (κ2) is 4.94. The summed E-state index contributed by atoms with van der Waals surface area (Å²) in [6.45, 7) is 2.69. The van der Waals surface area contributed by atoms with E-state index in [9.17, 15) is 4.79 Å². The molecule has 0 aliphatic rings. The van der Waals surface area contributed by atoms with E-state index in [1.165, 1.54) is 11.3 Å². The average Bonchev–Trinajstić information content (AvgIpc) is 2.54. The van der Waals surface area contributed by atoms with Gasteiger partial charge in [-0.05, 0) is 6.54 Å². The van der Waals surface area contributed by atoms with Crippen molar-refractivity contribution < 1.29 is 9.90 Å². The Balaban J connectivity index is 2.62. The van der Waals surface area contributed by atoms with Gasteiger partial charge >= 0.3 is 5.97 Å². The summed E-state index contributed by atoms with van der Waals surface area (Å²) in [5, 5.41) is 14.4. The van der Waals surface area contributed by atoms with E-state index in [1.54, 1.807) is 6.20 Å². The van der Waals surface area contributed by atoms with Gasteiger partial charge in [-0.3, -0.25) is 4.79 Å². The SMILES string of the molecule is CCNC(CC(=O)O)c1nccs1. The summed E-state index contributed by atoms with van der Waals surface area (Å²) in [5.74, 6) is -0.804. The van der Waals surface area contributed by atoms with Gasteiger partial charge in [-0.1, -0.05) is 6.92 Å². The lowest BCUT2D eigenvalue weighted by Crippen LogP contribution is -2.23. The Labute approximate surface area is 80.6 Å². The highest BCUT2D eigenvalue weighted by molar-refractivity contribution is 7.09. The summed E-state index contributed by atoms with van der Waals surface area (Å²) in [4.78, 5) is 14.6. The first-order chi connectivity index (χ1) is 6.24. The molecule has 0 bridgehead atoms. The Morgan fingerprint density at radius 2 is 2.62 bits per heavy atom. The molecule has 0 aromatic carbocycles. The minimum absolute atomic E-state index is 0.0847. The quantitative estimate of drug-likeness (QED) is 0.751. The van der Waals surface area contributed by atoms with Crippen LogP contribution in [0.25, 0.3) is 0 Å². The molecule has 0 radical (unpaired) electrons. The molecule has 0 saturated heterocycles. The number of hydrogen-bond acceptors (Lipinski definition) is 4. The largest absolute Gasteiger partial charge is 0.481 e. The molecule has 1 unspecified atom stereocenters. The Hall–Kier alpha value is -0.940. The molecule has 1 aromatic rings. The first-order valence-electron chi connectivity index (χ1n) is 4.08. The van der Waals surface area contributed by atoms with Gasteiger partial charge in [0.15, 0.2) is 0 Å². The van der Waals surface area contributed by atoms with E-state index in [2.05, 4.69) is 10.3 Å². The predicted molar refractivity (Wildman–Crippen MR) is 50.8 cm³/mol. The summed E-state index contributed by atoms with van der Waals surface area (Å²) < 4.78 is 0. The van der Waals surface area contributed by atoms with Crippen LogP contribution in [0, 0.1) is 0 Å². The van der Waals surface area contributed by atoms with Crippen molar-refractivity contribution in [1.82, 2.24) is 10.3 Å². The van der Waals surface area contributed by atoms with Crippen LogP contribution in [0.2, 0.25) is 0 Å². The first kappa shape index (κ1) is 10.1. The minimum Gasteiger partial charge on any atom is -0.481 e. The highest BCUT2D eigenvalue weighted by Crippen LogP contribution is 2.18. The van der Waals surface area contributed by atoms with Gasteiger partial charge in [-0.15, -0.1) is 11.3 Å². The van der Waals surface area contributed by atoms with Crippen LogP contribution < -0.4 is 5.32 Å². The average molecular weight is 200 g/mol. The molecule has 0 amide bonds. The van der Waals surface area contributed by atoms with E-state index < -0.39 is 5.97 Å². The van der Waals surface area contributed by atoms with Crippen LogP contribution in [0.4, 0.5) is 0 Å². The summed E-state index contributed by atoms with van der Waals surface area (Å²) in [7, 11) is 0. The van der Waals surface area contributed by atoms with Crippen LogP contribution in [-0.2, 0) is 4.79 Å². The zero-order valence-electron chi connectivity index (χ0n) is 7.36. The van der Waals surface area contributed by atoms with Gasteiger partial charge < -0.3 is 10.4 Å². The molecule has 72 valence electrons. The number of carbonyl (C=O) groups is 1. The summed E-state index contributed by atoms with van der Waals surface area (Å²) in [6.07, 6.45) is 1.77. The fourth-order valence-corrected chi connectivity index (χ4v) is 1.79. The van der Waals surface area contributed by atoms with Crippen molar-refractivity contribution in [3.05, 3.63) is 16.6 Å². The third-order valence-corrected chi connectivity index (χ3v) is 2.47. The van der Waals surface area contributed by atoms with E-state index in [0.717, 1.165) is 11.6 Å². The summed E-state index contributed by atoms with van der Waals surface area (Å²) in [5.41, 5.74) is 0. The molecular formula is C8H12N2O2S. The fourth-order valence-electron chi connectivity index (χ4n) is 1.07. The van der Waals surface area contributed by atoms with Crippen molar-refractivity contribution in [1.29, 1.82) is 0 Å². The van der Waals surface area contributed by atoms with Crippen LogP contribution >= 0.6 is 11.3 Å². The topological polar surface area (TPSA) is 62.2 Å². The maximum absolute atomic E-state index is 10.5. The normalized spacial score (nSPS) is 12.7. The molecule has 0 spiro atoms. The molecule has 1 atom stereocenters. The van der Waals surface area contributed by atoms with Gasteiger partial charge in [0, 0.05) is 11.6 Å². The molecule has 4 nitrogen and oxygen atoms in total. The molecule has 2 N–H and O–H groups in total. The number of carboxylic acid groups (broad SMARTS) is 1. The lowest BCUT2D eigenvalue weighted by molar-refractivity contribution is -0.137. The number of hydrogen-bond donors (Lipinski definition) is 2. The number of rotatable bonds is 5. The number of nitrogens with one attached hydrogen (secondary N) is 1. The molecule has 13 heavy (non-hydrogen) atoms. The molecule has 1 aromatic heterocycles. The van der Waals surface area contributed by atoms with Gasteiger partial charge in [-0.25, -0.2) is 4.98 Å². The molecule has 0 aliphatic heterocycles. The van der Waals surface area contributed by atoms with E-state index in [4.69, 9.17) is 5.11 Å². The van der Waals surface area contributed by atoms with Crippen molar-refractivity contribution >= 4 is 17.3 Å². The number of nitrogens with zero attached hydrogens (tertiary/aromatic N) is 1. The van der Waals surface area contributed by atoms with E-state index >= 15 is 0 Å². The van der Waals surface area contributed by atoms with Crippen LogP contribution in [0.5, 0.6) is 0 Å². The van der Waals surface area contributed by atoms with Gasteiger partial charge in [0.25, 0.3) is 0 Å². The zero-order chi connectivity index (χ0) is 9.68. The van der Waals surface area contributed by atoms with E-state index in [-0.39, 0.29) is 12.5 Å². The second-order valence-electron chi connectivity index (χ2n) is 2.58. The Morgan fingerprint density at radius 3 is 3.08 bits per heavy atom. The van der Waals surface area contributed by atoms with Crippen LogP contribution in [0.15, 0.2) is 11.6 Å². The monoisotopic (exact) mass is 200 g/mol. The fraction of sp³-hybridized carbons (Fsp3) is 0.500. The molecule has 0 aliphatic carbocycles. The Morgan fingerprint density at radius 1 is 1.85 bits per heavy atom. The van der Waals surface area contributed by atoms with Crippen molar-refractivity contribution in [2.75, 3.05) is 6.54 Å². The van der Waals surface area contributed by atoms with Crippen LogP contribution in [0.1, 0.15) is 24.4 Å². The van der Waals surface area contributed by atoms with E-state index in [0.29, 0.717) is 0 Å². The molecule has 5 heteroatoms. The lowest BCUT2D eigenvalue weighted by atomic mass is 10.2. The van der Waals surface area contributed by atoms with Crippen molar-refractivity contribution in [3.63, 3.8) is 0 Å². The molecule has 0 saturated carbocycles. The maximum Gasteiger partial charge on any atom is 0.305 e. The summed E-state index contributed by atoms with van der Waals surface area (Å²) in [6, 6.07) is -0.150. The third-order valence-electron chi connectivity index (χ3n) is 1.58. The van der Waals surface area contributed by atoms with Crippen molar-refractivity contribution in [2.45, 2.75) is 19.4 Å².